The number of hydrogen-bond donors (Lipinski definition) is 2. The van der Waals surface area contributed by atoms with Crippen molar-refractivity contribution >= 4 is 28.6 Å². The molecule has 1 unspecified atom stereocenters. The average molecular weight is 399 g/mol. The summed E-state index contributed by atoms with van der Waals surface area (Å²) in [4.78, 5) is 27.4. The van der Waals surface area contributed by atoms with Crippen LogP contribution in [0.2, 0.25) is 5.02 Å². The van der Waals surface area contributed by atoms with Crippen LogP contribution in [0, 0.1) is 0 Å². The molecule has 1 heterocycles. The maximum Gasteiger partial charge on any atom is 0.408 e. The highest BCUT2D eigenvalue weighted by atomic mass is 35.5. The molecule has 0 fully saturated rings. The third kappa shape index (κ3) is 4.73. The number of rotatable bonds is 3. The number of fused-ring (bicyclic) bond motifs is 1. The molecule has 0 saturated heterocycles. The van der Waals surface area contributed by atoms with Crippen LogP contribution in [0.5, 0.6) is 0 Å². The second kappa shape index (κ2) is 7.68. The Morgan fingerprint density at radius 2 is 1.71 bits per heavy atom. The number of amides is 1. The van der Waals surface area contributed by atoms with E-state index < -0.39 is 17.7 Å². The van der Waals surface area contributed by atoms with Gasteiger partial charge in [-0.15, -0.1) is 0 Å². The maximum absolute atomic E-state index is 12.5. The van der Waals surface area contributed by atoms with E-state index in [1.807, 2.05) is 42.5 Å². The molecule has 0 saturated carbocycles. The van der Waals surface area contributed by atoms with E-state index in [2.05, 4.69) is 10.3 Å². The zero-order valence-electron chi connectivity index (χ0n) is 16.3. The number of benzene rings is 2. The molecular weight excluding hydrogens is 376 g/mol. The van der Waals surface area contributed by atoms with Crippen LogP contribution in [0.1, 0.15) is 39.3 Å². The molecule has 0 radical (unpaired) electrons. The van der Waals surface area contributed by atoms with Gasteiger partial charge in [-0.2, -0.15) is 0 Å². The number of hydrogen-bond acceptors (Lipinski definition) is 3. The zero-order chi connectivity index (χ0) is 20.5. The lowest BCUT2D eigenvalue weighted by Gasteiger charge is -2.22. The molecule has 2 aromatic carbocycles. The molecular formula is C22H23ClN2O3. The Balaban J connectivity index is 1.92. The number of aromatic amines is 1. The minimum absolute atomic E-state index is 0.240. The summed E-state index contributed by atoms with van der Waals surface area (Å²) in [6, 6.07) is 14.7. The van der Waals surface area contributed by atoms with Crippen LogP contribution >= 0.6 is 11.6 Å². The first-order chi connectivity index (χ1) is 13.1. The minimum atomic E-state index is -0.604. The number of halogens is 1. The Morgan fingerprint density at radius 3 is 2.36 bits per heavy atom. The topological polar surface area (TPSA) is 71.2 Å². The number of alkyl carbamates (subject to hydrolysis) is 1. The van der Waals surface area contributed by atoms with Crippen LogP contribution in [0.25, 0.3) is 22.0 Å². The van der Waals surface area contributed by atoms with Crippen LogP contribution in [0.15, 0.2) is 53.3 Å². The van der Waals surface area contributed by atoms with Crippen molar-refractivity contribution in [3.8, 4) is 11.1 Å². The van der Waals surface area contributed by atoms with E-state index in [1.54, 1.807) is 33.8 Å². The van der Waals surface area contributed by atoms with Gasteiger partial charge in [0.1, 0.15) is 5.60 Å². The number of nitrogens with one attached hydrogen (secondary N) is 2. The van der Waals surface area contributed by atoms with Crippen LogP contribution in [-0.2, 0) is 4.74 Å². The second-order valence-corrected chi connectivity index (χ2v) is 8.17. The molecule has 1 amide bonds. The van der Waals surface area contributed by atoms with Gasteiger partial charge in [-0.25, -0.2) is 4.79 Å². The quantitative estimate of drug-likeness (QED) is 0.617. The monoisotopic (exact) mass is 398 g/mol. The fraction of sp³-hybridized carbons (Fsp3) is 0.273. The van der Waals surface area contributed by atoms with Crippen molar-refractivity contribution in [2.45, 2.75) is 39.3 Å². The molecule has 6 heteroatoms. The number of carbonyl (C=O) groups excluding carboxylic acids is 1. The van der Waals surface area contributed by atoms with E-state index in [0.717, 1.165) is 22.0 Å². The van der Waals surface area contributed by atoms with Crippen LogP contribution in [-0.4, -0.2) is 16.7 Å². The van der Waals surface area contributed by atoms with Gasteiger partial charge in [-0.1, -0.05) is 29.8 Å². The summed E-state index contributed by atoms with van der Waals surface area (Å²) in [5, 5.41) is 4.27. The van der Waals surface area contributed by atoms with Gasteiger partial charge in [-0.05, 0) is 74.5 Å². The van der Waals surface area contributed by atoms with Gasteiger partial charge in [0.25, 0.3) is 5.56 Å². The number of carbonyl (C=O) groups is 1. The Labute approximate surface area is 168 Å². The van der Waals surface area contributed by atoms with Crippen LogP contribution in [0.3, 0.4) is 0 Å². The molecule has 0 spiro atoms. The third-order valence-electron chi connectivity index (χ3n) is 4.25. The van der Waals surface area contributed by atoms with Gasteiger partial charge < -0.3 is 15.0 Å². The average Bonchev–Trinajstić information content (AvgIpc) is 2.59. The van der Waals surface area contributed by atoms with Crippen LogP contribution < -0.4 is 10.9 Å². The molecule has 0 aliphatic rings. The van der Waals surface area contributed by atoms with Crippen molar-refractivity contribution in [3.05, 3.63) is 69.5 Å². The lowest BCUT2D eigenvalue weighted by molar-refractivity contribution is 0.0507. The Kier molecular flexibility index (Phi) is 5.47. The van der Waals surface area contributed by atoms with E-state index in [1.165, 1.54) is 0 Å². The van der Waals surface area contributed by atoms with Gasteiger partial charge in [-0.3, -0.25) is 4.79 Å². The Morgan fingerprint density at radius 1 is 1.07 bits per heavy atom. The van der Waals surface area contributed by atoms with Gasteiger partial charge >= 0.3 is 6.09 Å². The molecule has 28 heavy (non-hydrogen) atoms. The molecule has 146 valence electrons. The van der Waals surface area contributed by atoms with Gasteiger partial charge in [0.2, 0.25) is 0 Å². The number of pyridine rings is 1. The fourth-order valence-electron chi connectivity index (χ4n) is 2.93. The number of aromatic nitrogens is 1. The number of ether oxygens (including phenoxy) is 1. The number of H-pyrrole nitrogens is 1. The highest BCUT2D eigenvalue weighted by Crippen LogP contribution is 2.25. The SMILES string of the molecule is CC(NC(=O)OC(C)(C)C)c1cc2cc(-c3ccc(Cl)cc3)ccc2[nH]c1=O. The molecule has 1 atom stereocenters. The van der Waals surface area contributed by atoms with E-state index in [-0.39, 0.29) is 5.56 Å². The lowest BCUT2D eigenvalue weighted by atomic mass is 10.0. The van der Waals surface area contributed by atoms with Gasteiger partial charge in [0.05, 0.1) is 6.04 Å². The summed E-state index contributed by atoms with van der Waals surface area (Å²) in [7, 11) is 0. The molecule has 0 bridgehead atoms. The van der Waals surface area contributed by atoms with Gasteiger partial charge in [0, 0.05) is 16.1 Å². The highest BCUT2D eigenvalue weighted by molar-refractivity contribution is 6.30. The Bertz CT molecular complexity index is 1070. The molecule has 1 aromatic heterocycles. The largest absolute Gasteiger partial charge is 0.444 e. The fourth-order valence-corrected chi connectivity index (χ4v) is 3.06. The van der Waals surface area contributed by atoms with E-state index in [0.29, 0.717) is 10.6 Å². The first-order valence-electron chi connectivity index (χ1n) is 9.05. The molecule has 5 nitrogen and oxygen atoms in total. The normalized spacial score (nSPS) is 12.6. The summed E-state index contributed by atoms with van der Waals surface area (Å²) in [6.45, 7) is 7.12. The van der Waals surface area contributed by atoms with Crippen molar-refractivity contribution < 1.29 is 9.53 Å². The maximum atomic E-state index is 12.5. The summed E-state index contributed by atoms with van der Waals surface area (Å²) < 4.78 is 5.27. The first kappa shape index (κ1) is 20.0. The summed E-state index contributed by atoms with van der Waals surface area (Å²) in [5.41, 5.74) is 2.39. The predicted octanol–water partition coefficient (Wildman–Crippen LogP) is 5.43. The predicted molar refractivity (Wildman–Crippen MR) is 113 cm³/mol. The van der Waals surface area contributed by atoms with Crippen molar-refractivity contribution in [1.29, 1.82) is 0 Å². The summed E-state index contributed by atoms with van der Waals surface area (Å²) in [5.74, 6) is 0. The second-order valence-electron chi connectivity index (χ2n) is 7.73. The van der Waals surface area contributed by atoms with Crippen LogP contribution in [0.4, 0.5) is 4.79 Å². The summed E-state index contributed by atoms with van der Waals surface area (Å²) in [6.07, 6.45) is -0.561. The molecule has 0 aliphatic heterocycles. The third-order valence-corrected chi connectivity index (χ3v) is 4.50. The van der Waals surface area contributed by atoms with E-state index in [4.69, 9.17) is 16.3 Å². The molecule has 0 aliphatic carbocycles. The first-order valence-corrected chi connectivity index (χ1v) is 9.42. The van der Waals surface area contributed by atoms with E-state index in [9.17, 15) is 9.59 Å². The molecule has 3 aromatic rings. The highest BCUT2D eigenvalue weighted by Gasteiger charge is 2.20. The van der Waals surface area contributed by atoms with Gasteiger partial charge in [0.15, 0.2) is 0 Å². The van der Waals surface area contributed by atoms with Crippen molar-refractivity contribution in [1.82, 2.24) is 10.3 Å². The van der Waals surface area contributed by atoms with Crippen molar-refractivity contribution in [2.75, 3.05) is 0 Å². The standard InChI is InChI=1S/C22H23ClN2O3/c1-13(24-21(27)28-22(2,3)4)18-12-16-11-15(7-10-19(16)25-20(18)26)14-5-8-17(23)9-6-14/h5-13H,1-4H3,(H,24,27)(H,25,26). The zero-order valence-corrected chi connectivity index (χ0v) is 17.1. The summed E-state index contributed by atoms with van der Waals surface area (Å²) >= 11 is 5.96. The lowest BCUT2D eigenvalue weighted by Crippen LogP contribution is -2.35. The van der Waals surface area contributed by atoms with E-state index >= 15 is 0 Å². The minimum Gasteiger partial charge on any atom is -0.444 e. The molecule has 3 rings (SSSR count). The Hall–Kier alpha value is -2.79. The molecule has 2 N–H and O–H groups in total. The van der Waals surface area contributed by atoms with Crippen molar-refractivity contribution in [2.24, 2.45) is 0 Å². The smallest absolute Gasteiger partial charge is 0.408 e. The van der Waals surface area contributed by atoms with Crippen molar-refractivity contribution in [3.63, 3.8) is 0 Å².